The molecule has 1 atom stereocenters. The molecule has 0 spiro atoms. The molecule has 0 bridgehead atoms. The van der Waals surface area contributed by atoms with E-state index in [4.69, 9.17) is 0 Å². The van der Waals surface area contributed by atoms with Crippen LogP contribution in [-0.4, -0.2) is 38.4 Å². The molecule has 0 amide bonds. The Hall–Kier alpha value is 0.340. The van der Waals surface area contributed by atoms with E-state index in [-0.39, 0.29) is 18.4 Å². The highest BCUT2D eigenvalue weighted by molar-refractivity contribution is 9.11. The quantitative estimate of drug-likeness (QED) is 0.875. The number of nitrogens with zero attached hydrogens (tertiary/aromatic N) is 1. The molecule has 2 rings (SSSR count). The first-order valence-corrected chi connectivity index (χ1v) is 8.04. The van der Waals surface area contributed by atoms with Crippen molar-refractivity contribution in [3.05, 3.63) is 15.9 Å². The molecule has 0 saturated carbocycles. The number of nitrogens with one attached hydrogen (secondary N) is 1. The lowest BCUT2D eigenvalue weighted by molar-refractivity contribution is 0.284. The summed E-state index contributed by atoms with van der Waals surface area (Å²) in [4.78, 5) is 0. The van der Waals surface area contributed by atoms with Crippen LogP contribution in [0.4, 0.5) is 0 Å². The van der Waals surface area contributed by atoms with Gasteiger partial charge in [0.05, 0.1) is 3.79 Å². The Morgan fingerprint density at radius 3 is 2.76 bits per heavy atom. The van der Waals surface area contributed by atoms with Crippen LogP contribution in [0.3, 0.4) is 0 Å². The van der Waals surface area contributed by atoms with Crippen LogP contribution in [0.2, 0.25) is 0 Å². The highest BCUT2D eigenvalue weighted by Crippen LogP contribution is 2.29. The predicted octanol–water partition coefficient (Wildman–Crippen LogP) is 1.91. The van der Waals surface area contributed by atoms with Gasteiger partial charge in [0, 0.05) is 25.7 Å². The zero-order valence-electron chi connectivity index (χ0n) is 9.22. The standard InChI is InChI=1S/C9H13BrN2O2S2.ClH/c1-7-6-11-4-5-12(7)16(13,14)9-3-2-8(10)15-9;/h2-3,7,11H,4-6H2,1H3;1H/t7-;/m1./s1. The Morgan fingerprint density at radius 2 is 2.24 bits per heavy atom. The zero-order chi connectivity index (χ0) is 11.8. The largest absolute Gasteiger partial charge is 0.314 e. The normalized spacial score (nSPS) is 22.1. The number of hydrogen-bond donors (Lipinski definition) is 1. The summed E-state index contributed by atoms with van der Waals surface area (Å²) in [5.41, 5.74) is 0. The molecule has 1 aromatic heterocycles. The van der Waals surface area contributed by atoms with Crippen molar-refractivity contribution in [3.8, 4) is 0 Å². The number of sulfonamides is 1. The molecule has 1 saturated heterocycles. The lowest BCUT2D eigenvalue weighted by Crippen LogP contribution is -2.51. The maximum absolute atomic E-state index is 12.3. The fourth-order valence-electron chi connectivity index (χ4n) is 1.73. The van der Waals surface area contributed by atoms with Gasteiger partial charge >= 0.3 is 0 Å². The van der Waals surface area contributed by atoms with Gasteiger partial charge in [-0.1, -0.05) is 0 Å². The average Bonchev–Trinajstić information content (AvgIpc) is 2.66. The Balaban J connectivity index is 0.00000144. The van der Waals surface area contributed by atoms with Gasteiger partial charge in [0.1, 0.15) is 4.21 Å². The molecular weight excluding hydrogens is 348 g/mol. The van der Waals surface area contributed by atoms with E-state index < -0.39 is 10.0 Å². The summed E-state index contributed by atoms with van der Waals surface area (Å²) in [6, 6.07) is 3.43. The number of piperazine rings is 1. The van der Waals surface area contributed by atoms with Crippen LogP contribution < -0.4 is 5.32 Å². The molecule has 8 heteroatoms. The maximum atomic E-state index is 12.3. The second kappa shape index (κ2) is 5.99. The highest BCUT2D eigenvalue weighted by atomic mass is 79.9. The van der Waals surface area contributed by atoms with Crippen LogP contribution in [0.15, 0.2) is 20.1 Å². The average molecular weight is 362 g/mol. The Kier molecular flexibility index (Phi) is 5.42. The van der Waals surface area contributed by atoms with Gasteiger partial charge in [-0.05, 0) is 35.0 Å². The molecule has 1 N–H and O–H groups in total. The summed E-state index contributed by atoms with van der Waals surface area (Å²) >= 11 is 4.54. The van der Waals surface area contributed by atoms with E-state index in [1.54, 1.807) is 16.4 Å². The smallest absolute Gasteiger partial charge is 0.252 e. The number of hydrogen-bond acceptors (Lipinski definition) is 4. The third kappa shape index (κ3) is 3.21. The van der Waals surface area contributed by atoms with Crippen LogP contribution in [0.1, 0.15) is 6.92 Å². The highest BCUT2D eigenvalue weighted by Gasteiger charge is 2.31. The molecular formula is C9H14BrClN2O2S2. The van der Waals surface area contributed by atoms with Crippen molar-refractivity contribution in [2.45, 2.75) is 17.2 Å². The second-order valence-electron chi connectivity index (χ2n) is 3.73. The Morgan fingerprint density at radius 1 is 1.53 bits per heavy atom. The molecule has 98 valence electrons. The summed E-state index contributed by atoms with van der Waals surface area (Å²) < 4.78 is 27.4. The van der Waals surface area contributed by atoms with E-state index in [0.29, 0.717) is 17.3 Å². The summed E-state index contributed by atoms with van der Waals surface area (Å²) in [6.07, 6.45) is 0. The van der Waals surface area contributed by atoms with Crippen molar-refractivity contribution in [1.29, 1.82) is 0 Å². The molecule has 1 aromatic rings. The Bertz CT molecular complexity index is 477. The Labute approximate surface area is 120 Å². The van der Waals surface area contributed by atoms with Gasteiger partial charge in [-0.15, -0.1) is 23.7 Å². The third-order valence-electron chi connectivity index (χ3n) is 2.55. The third-order valence-corrected chi connectivity index (χ3v) is 6.66. The number of thiophene rings is 1. The van der Waals surface area contributed by atoms with Gasteiger partial charge in [-0.3, -0.25) is 0 Å². The lowest BCUT2D eigenvalue weighted by Gasteiger charge is -2.32. The van der Waals surface area contributed by atoms with E-state index in [9.17, 15) is 8.42 Å². The number of halogens is 2. The lowest BCUT2D eigenvalue weighted by atomic mass is 10.3. The van der Waals surface area contributed by atoms with Gasteiger partial charge < -0.3 is 5.32 Å². The molecule has 1 aliphatic rings. The van der Waals surface area contributed by atoms with Crippen LogP contribution in [0.5, 0.6) is 0 Å². The molecule has 1 aliphatic heterocycles. The topological polar surface area (TPSA) is 49.4 Å². The summed E-state index contributed by atoms with van der Waals surface area (Å²) in [5, 5.41) is 3.18. The first kappa shape index (κ1) is 15.4. The molecule has 0 aliphatic carbocycles. The number of rotatable bonds is 2. The fraction of sp³-hybridized carbons (Fsp3) is 0.556. The van der Waals surface area contributed by atoms with Crippen molar-refractivity contribution in [2.75, 3.05) is 19.6 Å². The predicted molar refractivity (Wildman–Crippen MR) is 75.5 cm³/mol. The van der Waals surface area contributed by atoms with Crippen LogP contribution in [-0.2, 0) is 10.0 Å². The SMILES string of the molecule is C[C@@H]1CNCCN1S(=O)(=O)c1ccc(Br)s1.Cl. The molecule has 1 fully saturated rings. The van der Waals surface area contributed by atoms with Crippen molar-refractivity contribution in [1.82, 2.24) is 9.62 Å². The molecule has 0 radical (unpaired) electrons. The van der Waals surface area contributed by atoms with Gasteiger partial charge in [0.2, 0.25) is 0 Å². The minimum absolute atomic E-state index is 0. The van der Waals surface area contributed by atoms with Crippen molar-refractivity contribution in [3.63, 3.8) is 0 Å². The minimum atomic E-state index is -3.31. The van der Waals surface area contributed by atoms with E-state index >= 15 is 0 Å². The first-order chi connectivity index (χ1) is 7.51. The molecule has 2 heterocycles. The summed E-state index contributed by atoms with van der Waals surface area (Å²) in [5.74, 6) is 0. The maximum Gasteiger partial charge on any atom is 0.252 e. The first-order valence-electron chi connectivity index (χ1n) is 5.00. The van der Waals surface area contributed by atoms with E-state index in [0.717, 1.165) is 10.3 Å². The summed E-state index contributed by atoms with van der Waals surface area (Å²) in [6.45, 7) is 3.90. The second-order valence-corrected chi connectivity index (χ2v) is 8.31. The van der Waals surface area contributed by atoms with Crippen molar-refractivity contribution in [2.24, 2.45) is 0 Å². The van der Waals surface area contributed by atoms with Crippen molar-refractivity contribution < 1.29 is 8.42 Å². The molecule has 4 nitrogen and oxygen atoms in total. The van der Waals surface area contributed by atoms with Crippen molar-refractivity contribution >= 4 is 49.7 Å². The molecule has 0 unspecified atom stereocenters. The van der Waals surface area contributed by atoms with Gasteiger partial charge in [-0.2, -0.15) is 4.31 Å². The van der Waals surface area contributed by atoms with E-state index in [2.05, 4.69) is 21.2 Å². The van der Waals surface area contributed by atoms with Crippen LogP contribution in [0.25, 0.3) is 0 Å². The van der Waals surface area contributed by atoms with E-state index in [1.807, 2.05) is 6.92 Å². The van der Waals surface area contributed by atoms with E-state index in [1.165, 1.54) is 11.3 Å². The van der Waals surface area contributed by atoms with Crippen LogP contribution >= 0.6 is 39.7 Å². The van der Waals surface area contributed by atoms with Crippen LogP contribution in [0, 0.1) is 0 Å². The van der Waals surface area contributed by atoms with Gasteiger partial charge in [0.25, 0.3) is 10.0 Å². The zero-order valence-corrected chi connectivity index (χ0v) is 13.3. The van der Waals surface area contributed by atoms with Gasteiger partial charge in [0.15, 0.2) is 0 Å². The fourth-order valence-corrected chi connectivity index (χ4v) is 5.50. The minimum Gasteiger partial charge on any atom is -0.314 e. The monoisotopic (exact) mass is 360 g/mol. The summed E-state index contributed by atoms with van der Waals surface area (Å²) in [7, 11) is -3.31. The molecule has 17 heavy (non-hydrogen) atoms. The molecule has 0 aromatic carbocycles. The van der Waals surface area contributed by atoms with Gasteiger partial charge in [-0.25, -0.2) is 8.42 Å².